The molecule has 158 valence electrons. The van der Waals surface area contributed by atoms with Gasteiger partial charge >= 0.3 is 0 Å². The fourth-order valence-electron chi connectivity index (χ4n) is 3.99. The van der Waals surface area contributed by atoms with Crippen LogP contribution >= 0.6 is 23.1 Å². The first-order valence-corrected chi connectivity index (χ1v) is 12.0. The van der Waals surface area contributed by atoms with Crippen molar-refractivity contribution in [3.63, 3.8) is 0 Å². The number of hydrogen-bond donors (Lipinski definition) is 1. The van der Waals surface area contributed by atoms with Gasteiger partial charge in [-0.1, -0.05) is 18.2 Å². The molecule has 3 aromatic heterocycles. The summed E-state index contributed by atoms with van der Waals surface area (Å²) in [5, 5.41) is 3.87. The number of amides is 1. The van der Waals surface area contributed by atoms with Crippen molar-refractivity contribution in [2.45, 2.75) is 19.1 Å². The maximum absolute atomic E-state index is 13.5. The SMILES string of the molecule is Cc1c(NC(=O)c2c(-n3cccc3)sc3c2CCSC3)c(=O)n(-c2ccccc2)n1C. The minimum Gasteiger partial charge on any atom is -0.316 e. The van der Waals surface area contributed by atoms with Gasteiger partial charge in [0.1, 0.15) is 10.7 Å². The number of nitrogens with zero attached hydrogens (tertiary/aromatic N) is 3. The molecular formula is C23H22N4O2S2. The molecule has 0 aliphatic carbocycles. The molecule has 0 atom stereocenters. The van der Waals surface area contributed by atoms with Crippen LogP contribution in [0.4, 0.5) is 5.69 Å². The van der Waals surface area contributed by atoms with Gasteiger partial charge in [0.15, 0.2) is 0 Å². The van der Waals surface area contributed by atoms with Crippen molar-refractivity contribution in [2.75, 3.05) is 11.1 Å². The lowest BCUT2D eigenvalue weighted by atomic mass is 10.1. The molecule has 1 aliphatic rings. The third-order valence-electron chi connectivity index (χ3n) is 5.66. The fraction of sp³-hybridized carbons (Fsp3) is 0.217. The highest BCUT2D eigenvalue weighted by molar-refractivity contribution is 7.98. The van der Waals surface area contributed by atoms with Crippen molar-refractivity contribution >= 4 is 34.7 Å². The lowest BCUT2D eigenvalue weighted by molar-refractivity contribution is 0.102. The number of fused-ring (bicyclic) bond motifs is 1. The number of para-hydroxylation sites is 1. The van der Waals surface area contributed by atoms with E-state index < -0.39 is 0 Å². The van der Waals surface area contributed by atoms with Crippen molar-refractivity contribution in [3.8, 4) is 10.7 Å². The lowest BCUT2D eigenvalue weighted by Gasteiger charge is -2.13. The molecule has 6 nitrogen and oxygen atoms in total. The predicted molar refractivity (Wildman–Crippen MR) is 127 cm³/mol. The highest BCUT2D eigenvalue weighted by atomic mass is 32.2. The molecule has 1 N–H and O–H groups in total. The molecular weight excluding hydrogens is 428 g/mol. The van der Waals surface area contributed by atoms with Crippen molar-refractivity contribution in [3.05, 3.63) is 86.9 Å². The summed E-state index contributed by atoms with van der Waals surface area (Å²) in [4.78, 5) is 28.0. The van der Waals surface area contributed by atoms with Crippen LogP contribution in [0.2, 0.25) is 0 Å². The zero-order valence-corrected chi connectivity index (χ0v) is 18.9. The Morgan fingerprint density at radius 2 is 1.84 bits per heavy atom. The molecule has 0 radical (unpaired) electrons. The number of nitrogens with one attached hydrogen (secondary N) is 1. The Bertz CT molecular complexity index is 1310. The van der Waals surface area contributed by atoms with Crippen LogP contribution in [-0.4, -0.2) is 25.6 Å². The van der Waals surface area contributed by atoms with Crippen LogP contribution in [0.15, 0.2) is 59.7 Å². The highest BCUT2D eigenvalue weighted by Crippen LogP contribution is 2.38. The molecule has 8 heteroatoms. The Kier molecular flexibility index (Phi) is 5.11. The molecule has 31 heavy (non-hydrogen) atoms. The Balaban J connectivity index is 1.58. The van der Waals surface area contributed by atoms with Gasteiger partial charge in [-0.05, 0) is 48.9 Å². The summed E-state index contributed by atoms with van der Waals surface area (Å²) < 4.78 is 5.35. The third kappa shape index (κ3) is 3.36. The molecule has 1 aliphatic heterocycles. The quantitative estimate of drug-likeness (QED) is 0.502. The fourth-order valence-corrected chi connectivity index (χ4v) is 6.44. The number of rotatable bonds is 4. The van der Waals surface area contributed by atoms with Gasteiger partial charge in [-0.25, -0.2) is 4.68 Å². The summed E-state index contributed by atoms with van der Waals surface area (Å²) in [6.45, 7) is 1.85. The van der Waals surface area contributed by atoms with Gasteiger partial charge in [0.25, 0.3) is 11.5 Å². The average molecular weight is 451 g/mol. The Morgan fingerprint density at radius 3 is 2.58 bits per heavy atom. The normalized spacial score (nSPS) is 13.2. The summed E-state index contributed by atoms with van der Waals surface area (Å²) in [7, 11) is 1.83. The van der Waals surface area contributed by atoms with Crippen LogP contribution in [-0.2, 0) is 19.2 Å². The zero-order valence-electron chi connectivity index (χ0n) is 17.3. The number of benzene rings is 1. The molecule has 0 unspecified atom stereocenters. The van der Waals surface area contributed by atoms with Gasteiger partial charge < -0.3 is 9.88 Å². The van der Waals surface area contributed by atoms with E-state index in [1.54, 1.807) is 20.7 Å². The van der Waals surface area contributed by atoms with Gasteiger partial charge in [-0.3, -0.25) is 14.3 Å². The van der Waals surface area contributed by atoms with E-state index >= 15 is 0 Å². The van der Waals surface area contributed by atoms with Crippen LogP contribution in [0.5, 0.6) is 0 Å². The smallest absolute Gasteiger partial charge is 0.295 e. The van der Waals surface area contributed by atoms with E-state index in [4.69, 9.17) is 0 Å². The molecule has 1 amide bonds. The van der Waals surface area contributed by atoms with Gasteiger partial charge in [0.05, 0.1) is 16.9 Å². The first-order valence-electron chi connectivity index (χ1n) is 10.1. The van der Waals surface area contributed by atoms with E-state index in [1.165, 1.54) is 4.88 Å². The van der Waals surface area contributed by atoms with Crippen LogP contribution in [0.3, 0.4) is 0 Å². The monoisotopic (exact) mass is 450 g/mol. The summed E-state index contributed by atoms with van der Waals surface area (Å²) in [5.74, 6) is 1.70. The predicted octanol–water partition coefficient (Wildman–Crippen LogP) is 4.38. The van der Waals surface area contributed by atoms with Crippen molar-refractivity contribution in [1.29, 1.82) is 0 Å². The molecule has 0 bridgehead atoms. The first-order chi connectivity index (χ1) is 15.1. The van der Waals surface area contributed by atoms with Crippen molar-refractivity contribution in [2.24, 2.45) is 7.05 Å². The van der Waals surface area contributed by atoms with E-state index in [9.17, 15) is 9.59 Å². The average Bonchev–Trinajstić information content (AvgIpc) is 3.49. The lowest BCUT2D eigenvalue weighted by Crippen LogP contribution is -2.24. The maximum Gasteiger partial charge on any atom is 0.295 e. The van der Waals surface area contributed by atoms with Gasteiger partial charge in [0, 0.05) is 30.1 Å². The Hall–Kier alpha value is -2.97. The first kappa shape index (κ1) is 20.0. The summed E-state index contributed by atoms with van der Waals surface area (Å²) in [6.07, 6.45) is 4.78. The largest absolute Gasteiger partial charge is 0.316 e. The van der Waals surface area contributed by atoms with Crippen molar-refractivity contribution in [1.82, 2.24) is 13.9 Å². The van der Waals surface area contributed by atoms with E-state index in [2.05, 4.69) is 5.32 Å². The summed E-state index contributed by atoms with van der Waals surface area (Å²) >= 11 is 3.56. The standard InChI is InChI=1S/C23H22N4O2S2/c1-15-20(22(29)27(25(15)2)16-8-4-3-5-9-16)24-21(28)19-17-10-13-30-14-18(17)31-23(19)26-11-6-7-12-26/h3-9,11-12H,10,13-14H2,1-2H3,(H,24,28). The zero-order chi connectivity index (χ0) is 21.5. The number of anilines is 1. The number of carbonyl (C=O) groups excluding carboxylic acids is 1. The van der Waals surface area contributed by atoms with Crippen molar-refractivity contribution < 1.29 is 4.79 Å². The summed E-state index contributed by atoms with van der Waals surface area (Å²) in [5.41, 5.74) is 3.36. The van der Waals surface area contributed by atoms with Crippen LogP contribution in [0.1, 0.15) is 26.5 Å². The van der Waals surface area contributed by atoms with E-state index in [0.29, 0.717) is 16.9 Å². The number of thioether (sulfide) groups is 1. The van der Waals surface area contributed by atoms with Crippen LogP contribution in [0, 0.1) is 6.92 Å². The Labute approximate surface area is 188 Å². The minimum atomic E-state index is -0.235. The topological polar surface area (TPSA) is 61.0 Å². The molecule has 5 rings (SSSR count). The third-order valence-corrected chi connectivity index (χ3v) is 8.07. The summed E-state index contributed by atoms with van der Waals surface area (Å²) in [6, 6.07) is 13.4. The van der Waals surface area contributed by atoms with Crippen LogP contribution < -0.4 is 10.9 Å². The van der Waals surface area contributed by atoms with Gasteiger partial charge in [-0.15, -0.1) is 11.3 Å². The van der Waals surface area contributed by atoms with Gasteiger partial charge in [0.2, 0.25) is 0 Å². The molecule has 0 fully saturated rings. The molecule has 4 heterocycles. The van der Waals surface area contributed by atoms with Gasteiger partial charge in [-0.2, -0.15) is 11.8 Å². The minimum absolute atomic E-state index is 0.223. The molecule has 0 saturated heterocycles. The highest BCUT2D eigenvalue weighted by Gasteiger charge is 2.28. The number of carbonyl (C=O) groups is 1. The second-order valence-corrected chi connectivity index (χ2v) is 9.66. The number of hydrogen-bond acceptors (Lipinski definition) is 4. The second-order valence-electron chi connectivity index (χ2n) is 7.47. The van der Waals surface area contributed by atoms with E-state index in [0.717, 1.165) is 34.2 Å². The molecule has 0 spiro atoms. The molecule has 0 saturated carbocycles. The number of aromatic nitrogens is 3. The molecule has 1 aromatic carbocycles. The maximum atomic E-state index is 13.5. The van der Waals surface area contributed by atoms with E-state index in [1.807, 2.05) is 85.2 Å². The van der Waals surface area contributed by atoms with Crippen LogP contribution in [0.25, 0.3) is 10.7 Å². The number of thiophene rings is 1. The second kappa shape index (κ2) is 7.94. The van der Waals surface area contributed by atoms with E-state index in [-0.39, 0.29) is 11.5 Å². The molecule has 4 aromatic rings. The Morgan fingerprint density at radius 1 is 1.10 bits per heavy atom.